The van der Waals surface area contributed by atoms with Gasteiger partial charge < -0.3 is 10.2 Å². The van der Waals surface area contributed by atoms with Gasteiger partial charge in [-0.25, -0.2) is 0 Å². The van der Waals surface area contributed by atoms with E-state index in [1.54, 1.807) is 0 Å². The molecule has 0 bridgehead atoms. The maximum absolute atomic E-state index is 8.95. The van der Waals surface area contributed by atoms with E-state index in [1.807, 2.05) is 18.2 Å². The minimum absolute atomic E-state index is 0.691. The van der Waals surface area contributed by atoms with Crippen molar-refractivity contribution in [2.75, 3.05) is 24.5 Å². The van der Waals surface area contributed by atoms with Crippen LogP contribution in [0.25, 0.3) is 0 Å². The zero-order chi connectivity index (χ0) is 13.1. The Morgan fingerprint density at radius 1 is 1.21 bits per heavy atom. The molecule has 0 unspecified atom stereocenters. The molecule has 1 heterocycles. The molecule has 1 aromatic rings. The number of hydrogen-bond acceptors (Lipinski definition) is 3. The van der Waals surface area contributed by atoms with E-state index in [0.29, 0.717) is 6.04 Å². The van der Waals surface area contributed by atoms with Crippen molar-refractivity contribution in [2.24, 2.45) is 5.92 Å². The molecular formula is C16H21N3. The standard InChI is InChI=1S/C16H21N3/c17-11-14-2-1-3-16(10-14)19-8-6-15(7-9-19)18-12-13-4-5-13/h1-3,10,13,15,18H,4-9,12H2. The van der Waals surface area contributed by atoms with Gasteiger partial charge in [0, 0.05) is 24.8 Å². The highest BCUT2D eigenvalue weighted by Gasteiger charge is 2.24. The minimum Gasteiger partial charge on any atom is -0.371 e. The van der Waals surface area contributed by atoms with Crippen LogP contribution in [0.1, 0.15) is 31.2 Å². The molecule has 1 aromatic carbocycles. The van der Waals surface area contributed by atoms with E-state index in [9.17, 15) is 0 Å². The molecule has 0 aromatic heterocycles. The third-order valence-corrected chi connectivity index (χ3v) is 4.23. The molecule has 1 aliphatic carbocycles. The van der Waals surface area contributed by atoms with E-state index in [0.717, 1.165) is 24.6 Å². The zero-order valence-electron chi connectivity index (χ0n) is 11.3. The van der Waals surface area contributed by atoms with Crippen LogP contribution in [0.4, 0.5) is 5.69 Å². The van der Waals surface area contributed by atoms with Crippen molar-refractivity contribution in [3.63, 3.8) is 0 Å². The maximum Gasteiger partial charge on any atom is 0.0992 e. The van der Waals surface area contributed by atoms with Gasteiger partial charge in [-0.2, -0.15) is 5.26 Å². The number of nitrogens with zero attached hydrogens (tertiary/aromatic N) is 2. The molecule has 1 saturated carbocycles. The third-order valence-electron chi connectivity index (χ3n) is 4.23. The number of anilines is 1. The Balaban J connectivity index is 1.52. The van der Waals surface area contributed by atoms with Crippen LogP contribution in [-0.4, -0.2) is 25.7 Å². The molecule has 1 saturated heterocycles. The Labute approximate surface area is 115 Å². The third kappa shape index (κ3) is 3.27. The summed E-state index contributed by atoms with van der Waals surface area (Å²) in [5.41, 5.74) is 1.95. The van der Waals surface area contributed by atoms with Crippen LogP contribution in [-0.2, 0) is 0 Å². The summed E-state index contributed by atoms with van der Waals surface area (Å²) in [5, 5.41) is 12.7. The Kier molecular flexibility index (Phi) is 3.70. The summed E-state index contributed by atoms with van der Waals surface area (Å²) in [7, 11) is 0. The quantitative estimate of drug-likeness (QED) is 0.898. The first-order valence-electron chi connectivity index (χ1n) is 7.33. The number of nitrogens with one attached hydrogen (secondary N) is 1. The van der Waals surface area contributed by atoms with Crippen molar-refractivity contribution in [1.82, 2.24) is 5.32 Å². The highest BCUT2D eigenvalue weighted by Crippen LogP contribution is 2.28. The monoisotopic (exact) mass is 255 g/mol. The average Bonchev–Trinajstić information content (AvgIpc) is 3.30. The predicted octanol–water partition coefficient (Wildman–Crippen LogP) is 2.53. The van der Waals surface area contributed by atoms with Crippen LogP contribution in [0.2, 0.25) is 0 Å². The van der Waals surface area contributed by atoms with E-state index in [-0.39, 0.29) is 0 Å². The number of nitriles is 1. The lowest BCUT2D eigenvalue weighted by Gasteiger charge is -2.34. The van der Waals surface area contributed by atoms with Crippen molar-refractivity contribution >= 4 is 5.69 Å². The largest absolute Gasteiger partial charge is 0.371 e. The number of benzene rings is 1. The lowest BCUT2D eigenvalue weighted by Crippen LogP contribution is -2.43. The summed E-state index contributed by atoms with van der Waals surface area (Å²) < 4.78 is 0. The van der Waals surface area contributed by atoms with E-state index < -0.39 is 0 Å². The van der Waals surface area contributed by atoms with Gasteiger partial charge in [0.1, 0.15) is 0 Å². The molecule has 1 aliphatic heterocycles. The fourth-order valence-electron chi connectivity index (χ4n) is 2.77. The summed E-state index contributed by atoms with van der Waals surface area (Å²) in [6, 6.07) is 10.9. The van der Waals surface area contributed by atoms with E-state index in [2.05, 4.69) is 22.4 Å². The molecule has 2 aliphatic rings. The average molecular weight is 255 g/mol. The van der Waals surface area contributed by atoms with Gasteiger partial charge in [-0.15, -0.1) is 0 Å². The van der Waals surface area contributed by atoms with Crippen LogP contribution in [0.5, 0.6) is 0 Å². The Bertz CT molecular complexity index is 465. The second-order valence-electron chi connectivity index (χ2n) is 5.78. The van der Waals surface area contributed by atoms with Gasteiger partial charge >= 0.3 is 0 Å². The lowest BCUT2D eigenvalue weighted by atomic mass is 10.0. The van der Waals surface area contributed by atoms with E-state index >= 15 is 0 Å². The van der Waals surface area contributed by atoms with Gasteiger partial charge in [-0.05, 0) is 56.3 Å². The first-order valence-corrected chi connectivity index (χ1v) is 7.33. The number of hydrogen-bond donors (Lipinski definition) is 1. The summed E-state index contributed by atoms with van der Waals surface area (Å²) in [5.74, 6) is 0.963. The predicted molar refractivity (Wildman–Crippen MR) is 77.1 cm³/mol. The van der Waals surface area contributed by atoms with Gasteiger partial charge in [0.2, 0.25) is 0 Å². The van der Waals surface area contributed by atoms with Crippen molar-refractivity contribution in [1.29, 1.82) is 5.26 Å². The normalized spacial score (nSPS) is 20.3. The molecule has 0 amide bonds. The first-order chi connectivity index (χ1) is 9.35. The van der Waals surface area contributed by atoms with Gasteiger partial charge in [-0.3, -0.25) is 0 Å². The van der Waals surface area contributed by atoms with Crippen molar-refractivity contribution < 1.29 is 0 Å². The molecule has 3 nitrogen and oxygen atoms in total. The Hall–Kier alpha value is -1.53. The second kappa shape index (κ2) is 5.63. The highest BCUT2D eigenvalue weighted by molar-refractivity contribution is 5.51. The zero-order valence-corrected chi connectivity index (χ0v) is 11.3. The second-order valence-corrected chi connectivity index (χ2v) is 5.78. The van der Waals surface area contributed by atoms with E-state index in [4.69, 9.17) is 5.26 Å². The van der Waals surface area contributed by atoms with Crippen LogP contribution in [0.3, 0.4) is 0 Å². The summed E-state index contributed by atoms with van der Waals surface area (Å²) >= 11 is 0. The minimum atomic E-state index is 0.691. The summed E-state index contributed by atoms with van der Waals surface area (Å²) in [6.45, 7) is 3.41. The van der Waals surface area contributed by atoms with Crippen molar-refractivity contribution in [2.45, 2.75) is 31.7 Å². The smallest absolute Gasteiger partial charge is 0.0992 e. The van der Waals surface area contributed by atoms with Crippen LogP contribution in [0.15, 0.2) is 24.3 Å². The van der Waals surface area contributed by atoms with E-state index in [1.165, 1.54) is 37.9 Å². The summed E-state index contributed by atoms with van der Waals surface area (Å²) in [4.78, 5) is 2.40. The number of rotatable bonds is 4. The highest BCUT2D eigenvalue weighted by atomic mass is 15.1. The van der Waals surface area contributed by atoms with Gasteiger partial charge in [-0.1, -0.05) is 6.07 Å². The molecule has 0 atom stereocenters. The van der Waals surface area contributed by atoms with Crippen LogP contribution < -0.4 is 10.2 Å². The van der Waals surface area contributed by atoms with Crippen molar-refractivity contribution in [3.05, 3.63) is 29.8 Å². The van der Waals surface area contributed by atoms with Crippen molar-refractivity contribution in [3.8, 4) is 6.07 Å². The molecule has 2 fully saturated rings. The fourth-order valence-corrected chi connectivity index (χ4v) is 2.77. The van der Waals surface area contributed by atoms with Gasteiger partial charge in [0.25, 0.3) is 0 Å². The van der Waals surface area contributed by atoms with Crippen LogP contribution >= 0.6 is 0 Å². The molecule has 0 radical (unpaired) electrons. The van der Waals surface area contributed by atoms with Crippen LogP contribution in [0, 0.1) is 17.2 Å². The Morgan fingerprint density at radius 2 is 2.00 bits per heavy atom. The fraction of sp³-hybridized carbons (Fsp3) is 0.562. The molecule has 0 spiro atoms. The summed E-state index contributed by atoms with van der Waals surface area (Å²) in [6.07, 6.45) is 5.27. The molecule has 3 rings (SSSR count). The molecule has 3 heteroatoms. The topological polar surface area (TPSA) is 39.1 Å². The molecular weight excluding hydrogens is 234 g/mol. The molecule has 1 N–H and O–H groups in total. The lowest BCUT2D eigenvalue weighted by molar-refractivity contribution is 0.409. The van der Waals surface area contributed by atoms with Gasteiger partial charge in [0.05, 0.1) is 11.6 Å². The molecule has 100 valence electrons. The first kappa shape index (κ1) is 12.5. The van der Waals surface area contributed by atoms with Gasteiger partial charge in [0.15, 0.2) is 0 Å². The SMILES string of the molecule is N#Cc1cccc(N2CCC(NCC3CC3)CC2)c1. The maximum atomic E-state index is 8.95. The molecule has 19 heavy (non-hydrogen) atoms. The number of piperidine rings is 1. The Morgan fingerprint density at radius 3 is 2.68 bits per heavy atom.